The summed E-state index contributed by atoms with van der Waals surface area (Å²) in [5, 5.41) is 8.90. The fourth-order valence-corrected chi connectivity index (χ4v) is 2.36. The van der Waals surface area contributed by atoms with Gasteiger partial charge in [0.05, 0.1) is 6.10 Å². The molecule has 1 unspecified atom stereocenters. The molecule has 1 aromatic rings. The molecular formula is C13H20N2O3. The van der Waals surface area contributed by atoms with Crippen molar-refractivity contribution in [1.82, 2.24) is 9.97 Å². The topological polar surface area (TPSA) is 75.2 Å². The third kappa shape index (κ3) is 3.17. The molecule has 0 aliphatic carbocycles. The highest BCUT2D eigenvalue weighted by Gasteiger charge is 2.16. The van der Waals surface area contributed by atoms with E-state index in [1.807, 2.05) is 6.92 Å². The molecule has 0 spiro atoms. The molecule has 5 nitrogen and oxygen atoms in total. The number of ether oxygens (including phenoxy) is 1. The number of nitrogens with zero attached hydrogens (tertiary/aromatic N) is 1. The number of aryl methyl sites for hydroxylation is 1. The molecule has 100 valence electrons. The minimum absolute atomic E-state index is 0.0311. The molecule has 5 heteroatoms. The van der Waals surface area contributed by atoms with Crippen LogP contribution >= 0.6 is 0 Å². The molecule has 1 fully saturated rings. The SMILES string of the molecule is Cc1nc(CC2CCCCO2)[nH]c(=O)c1CCO. The first-order chi connectivity index (χ1) is 8.70. The van der Waals surface area contributed by atoms with Gasteiger partial charge in [0.2, 0.25) is 0 Å². The van der Waals surface area contributed by atoms with Crippen LogP contribution in [0.1, 0.15) is 36.3 Å². The van der Waals surface area contributed by atoms with Gasteiger partial charge in [0.15, 0.2) is 0 Å². The Bertz CT molecular complexity index is 450. The number of aromatic nitrogens is 2. The highest BCUT2D eigenvalue weighted by Crippen LogP contribution is 2.15. The number of aliphatic hydroxyl groups excluding tert-OH is 1. The molecule has 1 aliphatic heterocycles. The summed E-state index contributed by atoms with van der Waals surface area (Å²) in [5.41, 5.74) is 1.15. The van der Waals surface area contributed by atoms with E-state index in [1.54, 1.807) is 0 Å². The van der Waals surface area contributed by atoms with Gasteiger partial charge in [0.25, 0.3) is 5.56 Å². The van der Waals surface area contributed by atoms with Crippen LogP contribution in [0.2, 0.25) is 0 Å². The van der Waals surface area contributed by atoms with Gasteiger partial charge in [0, 0.05) is 37.3 Å². The van der Waals surface area contributed by atoms with Crippen LogP contribution in [0.25, 0.3) is 0 Å². The van der Waals surface area contributed by atoms with Gasteiger partial charge in [-0.3, -0.25) is 4.79 Å². The lowest BCUT2D eigenvalue weighted by molar-refractivity contribution is 0.0156. The van der Waals surface area contributed by atoms with E-state index < -0.39 is 0 Å². The first-order valence-electron chi connectivity index (χ1n) is 6.52. The summed E-state index contributed by atoms with van der Waals surface area (Å²) in [6.45, 7) is 2.58. The summed E-state index contributed by atoms with van der Waals surface area (Å²) < 4.78 is 5.64. The minimum Gasteiger partial charge on any atom is -0.396 e. The average molecular weight is 252 g/mol. The predicted octanol–water partition coefficient (Wildman–Crippen LogP) is 0.725. The van der Waals surface area contributed by atoms with Crippen molar-refractivity contribution in [1.29, 1.82) is 0 Å². The zero-order chi connectivity index (χ0) is 13.0. The highest BCUT2D eigenvalue weighted by atomic mass is 16.5. The summed E-state index contributed by atoms with van der Waals surface area (Å²) in [6.07, 6.45) is 4.51. The summed E-state index contributed by atoms with van der Waals surface area (Å²) >= 11 is 0. The molecule has 1 aliphatic rings. The molecule has 2 N–H and O–H groups in total. The molecule has 1 atom stereocenters. The van der Waals surface area contributed by atoms with Crippen molar-refractivity contribution in [2.24, 2.45) is 0 Å². The third-order valence-corrected chi connectivity index (χ3v) is 3.33. The number of H-pyrrole nitrogens is 1. The Balaban J connectivity index is 2.11. The standard InChI is InChI=1S/C13H20N2O3/c1-9-11(5-6-16)13(17)15-12(14-9)8-10-4-2-3-7-18-10/h10,16H,2-8H2,1H3,(H,14,15,17). The normalized spacial score (nSPS) is 20.0. The number of aromatic amines is 1. The quantitative estimate of drug-likeness (QED) is 0.828. The number of hydrogen-bond donors (Lipinski definition) is 2. The monoisotopic (exact) mass is 252 g/mol. The maximum atomic E-state index is 11.8. The number of aliphatic hydroxyl groups is 1. The maximum absolute atomic E-state index is 11.8. The molecule has 0 saturated carbocycles. The minimum atomic E-state index is -0.137. The third-order valence-electron chi connectivity index (χ3n) is 3.33. The fraction of sp³-hybridized carbons (Fsp3) is 0.692. The lowest BCUT2D eigenvalue weighted by Crippen LogP contribution is -2.26. The first kappa shape index (κ1) is 13.2. The number of rotatable bonds is 4. The van der Waals surface area contributed by atoms with Crippen LogP contribution in [0.3, 0.4) is 0 Å². The molecule has 18 heavy (non-hydrogen) atoms. The van der Waals surface area contributed by atoms with E-state index in [0.29, 0.717) is 29.9 Å². The second-order valence-corrected chi connectivity index (χ2v) is 4.74. The zero-order valence-electron chi connectivity index (χ0n) is 10.7. The summed E-state index contributed by atoms with van der Waals surface area (Å²) in [7, 11) is 0. The second-order valence-electron chi connectivity index (χ2n) is 4.74. The van der Waals surface area contributed by atoms with E-state index in [1.165, 1.54) is 6.42 Å². The van der Waals surface area contributed by atoms with Crippen molar-refractivity contribution in [3.8, 4) is 0 Å². The second kappa shape index (κ2) is 6.11. The molecule has 2 rings (SSSR count). The number of hydrogen-bond acceptors (Lipinski definition) is 4. The Hall–Kier alpha value is -1.20. The van der Waals surface area contributed by atoms with Gasteiger partial charge in [-0.05, 0) is 26.2 Å². The van der Waals surface area contributed by atoms with E-state index in [9.17, 15) is 4.79 Å². The van der Waals surface area contributed by atoms with E-state index in [0.717, 1.165) is 19.4 Å². The van der Waals surface area contributed by atoms with Crippen LogP contribution in [-0.4, -0.2) is 34.4 Å². The van der Waals surface area contributed by atoms with E-state index in [2.05, 4.69) is 9.97 Å². The summed E-state index contributed by atoms with van der Waals surface area (Å²) in [5.74, 6) is 0.686. The molecular weight excluding hydrogens is 232 g/mol. The van der Waals surface area contributed by atoms with Gasteiger partial charge < -0.3 is 14.8 Å². The predicted molar refractivity (Wildman–Crippen MR) is 67.7 cm³/mol. The van der Waals surface area contributed by atoms with Crippen LogP contribution in [0.5, 0.6) is 0 Å². The van der Waals surface area contributed by atoms with Crippen LogP contribution in [0, 0.1) is 6.92 Å². The fourth-order valence-electron chi connectivity index (χ4n) is 2.36. The van der Waals surface area contributed by atoms with Gasteiger partial charge >= 0.3 is 0 Å². The van der Waals surface area contributed by atoms with Crippen LogP contribution in [0.15, 0.2) is 4.79 Å². The van der Waals surface area contributed by atoms with Crippen molar-refractivity contribution in [2.45, 2.75) is 45.1 Å². The van der Waals surface area contributed by atoms with Crippen LogP contribution < -0.4 is 5.56 Å². The Kier molecular flexibility index (Phi) is 4.49. The summed E-state index contributed by atoms with van der Waals surface area (Å²) in [6, 6.07) is 0. The van der Waals surface area contributed by atoms with Crippen molar-refractivity contribution < 1.29 is 9.84 Å². The average Bonchev–Trinajstić information content (AvgIpc) is 2.35. The molecule has 0 amide bonds. The van der Waals surface area contributed by atoms with Gasteiger partial charge in [0.1, 0.15) is 5.82 Å². The lowest BCUT2D eigenvalue weighted by Gasteiger charge is -2.22. The Morgan fingerprint density at radius 3 is 2.94 bits per heavy atom. The van der Waals surface area contributed by atoms with E-state index >= 15 is 0 Å². The lowest BCUT2D eigenvalue weighted by atomic mass is 10.1. The highest BCUT2D eigenvalue weighted by molar-refractivity contribution is 5.17. The van der Waals surface area contributed by atoms with Crippen LogP contribution in [0.4, 0.5) is 0 Å². The van der Waals surface area contributed by atoms with Gasteiger partial charge in [-0.2, -0.15) is 0 Å². The van der Waals surface area contributed by atoms with Crippen molar-refractivity contribution in [3.05, 3.63) is 27.4 Å². The zero-order valence-corrected chi connectivity index (χ0v) is 10.7. The largest absolute Gasteiger partial charge is 0.396 e. The summed E-state index contributed by atoms with van der Waals surface area (Å²) in [4.78, 5) is 19.0. The molecule has 2 heterocycles. The Morgan fingerprint density at radius 2 is 2.33 bits per heavy atom. The molecule has 1 saturated heterocycles. The van der Waals surface area contributed by atoms with Crippen molar-refractivity contribution in [2.75, 3.05) is 13.2 Å². The van der Waals surface area contributed by atoms with E-state index in [-0.39, 0.29) is 18.3 Å². The van der Waals surface area contributed by atoms with Gasteiger partial charge in [-0.15, -0.1) is 0 Å². The molecule has 1 aromatic heterocycles. The molecule has 0 bridgehead atoms. The van der Waals surface area contributed by atoms with Gasteiger partial charge in [-0.25, -0.2) is 4.98 Å². The first-order valence-corrected chi connectivity index (χ1v) is 6.52. The molecule has 0 radical (unpaired) electrons. The number of nitrogens with one attached hydrogen (secondary N) is 1. The van der Waals surface area contributed by atoms with Gasteiger partial charge in [-0.1, -0.05) is 0 Å². The Labute approximate surface area is 106 Å². The maximum Gasteiger partial charge on any atom is 0.254 e. The Morgan fingerprint density at radius 1 is 1.50 bits per heavy atom. The van der Waals surface area contributed by atoms with Crippen molar-refractivity contribution >= 4 is 0 Å². The van der Waals surface area contributed by atoms with Crippen molar-refractivity contribution in [3.63, 3.8) is 0 Å². The molecule has 0 aromatic carbocycles. The van der Waals surface area contributed by atoms with E-state index in [4.69, 9.17) is 9.84 Å². The smallest absolute Gasteiger partial charge is 0.254 e. The van der Waals surface area contributed by atoms with Crippen LogP contribution in [-0.2, 0) is 17.6 Å².